The summed E-state index contributed by atoms with van der Waals surface area (Å²) in [6, 6.07) is 23.1. The number of nitrogens with zero attached hydrogens (tertiary/aromatic N) is 7. The van der Waals surface area contributed by atoms with E-state index in [1.807, 2.05) is 52.1 Å². The summed E-state index contributed by atoms with van der Waals surface area (Å²) in [5.41, 5.74) is 8.24. The SMILES string of the molecule is Cc1c(-c2ccc3cnc(Nc4ccc(N5CCC(CN6CC7(CCN(c8ccc(C9CCC(=O)NC9=O)cc8)C7)C6)CC5)cc4)nc3c2)cnc2c1N(C(=O)OC(C)(C)C)CCO2. The van der Waals surface area contributed by atoms with E-state index in [-0.39, 0.29) is 17.7 Å². The van der Waals surface area contributed by atoms with Crippen LogP contribution in [0.15, 0.2) is 79.1 Å². The minimum atomic E-state index is -0.624. The lowest BCUT2D eigenvalue weighted by molar-refractivity contribution is -0.134. The van der Waals surface area contributed by atoms with E-state index in [0.29, 0.717) is 54.8 Å². The molecule has 332 valence electrons. The predicted octanol–water partition coefficient (Wildman–Crippen LogP) is 7.83. The number of imide groups is 1. The molecule has 14 nitrogen and oxygen atoms in total. The van der Waals surface area contributed by atoms with Gasteiger partial charge in [-0.15, -0.1) is 0 Å². The number of anilines is 5. The van der Waals surface area contributed by atoms with Crippen molar-refractivity contribution in [3.63, 3.8) is 0 Å². The molecule has 4 fully saturated rings. The van der Waals surface area contributed by atoms with Crippen molar-refractivity contribution in [2.24, 2.45) is 11.3 Å². The van der Waals surface area contributed by atoms with Gasteiger partial charge in [0.15, 0.2) is 0 Å². The van der Waals surface area contributed by atoms with Gasteiger partial charge in [-0.2, -0.15) is 0 Å². The predicted molar refractivity (Wildman–Crippen MR) is 249 cm³/mol. The van der Waals surface area contributed by atoms with Gasteiger partial charge in [0.05, 0.1) is 18.0 Å². The average molecular weight is 864 g/mol. The Kier molecular flexibility index (Phi) is 10.9. The van der Waals surface area contributed by atoms with Gasteiger partial charge < -0.3 is 29.5 Å². The molecule has 1 spiro atoms. The fraction of sp³-hybridized carbons (Fsp3) is 0.440. The Morgan fingerprint density at radius 3 is 2.39 bits per heavy atom. The minimum Gasteiger partial charge on any atom is -0.474 e. The van der Waals surface area contributed by atoms with E-state index < -0.39 is 11.7 Å². The summed E-state index contributed by atoms with van der Waals surface area (Å²) in [6.07, 6.45) is 7.80. The Labute approximate surface area is 374 Å². The summed E-state index contributed by atoms with van der Waals surface area (Å²) < 4.78 is 11.6. The second kappa shape index (κ2) is 16.7. The number of carbonyl (C=O) groups is 3. The van der Waals surface area contributed by atoms with E-state index in [2.05, 4.69) is 83.8 Å². The molecule has 3 aromatic carbocycles. The zero-order valence-electron chi connectivity index (χ0n) is 37.2. The van der Waals surface area contributed by atoms with E-state index in [1.165, 1.54) is 50.3 Å². The molecule has 10 rings (SSSR count). The number of likely N-dealkylation sites (tertiary alicyclic amines) is 1. The number of amides is 3. The molecule has 2 aromatic heterocycles. The second-order valence-corrected chi connectivity index (χ2v) is 19.4. The molecule has 4 saturated heterocycles. The lowest BCUT2D eigenvalue weighted by Crippen LogP contribution is -2.58. The van der Waals surface area contributed by atoms with Crippen LogP contribution < -0.4 is 30.1 Å². The highest BCUT2D eigenvalue weighted by Gasteiger charge is 2.48. The highest BCUT2D eigenvalue weighted by Crippen LogP contribution is 2.43. The Morgan fingerprint density at radius 1 is 0.891 bits per heavy atom. The first-order chi connectivity index (χ1) is 30.8. The number of rotatable bonds is 8. The molecule has 5 aromatic rings. The van der Waals surface area contributed by atoms with Crippen LogP contribution in [0.3, 0.4) is 0 Å². The van der Waals surface area contributed by atoms with Gasteiger partial charge in [-0.25, -0.2) is 19.7 Å². The number of carbonyl (C=O) groups excluding carboxylic acids is 3. The molecule has 0 radical (unpaired) electrons. The molecular weight excluding hydrogens is 807 g/mol. The zero-order chi connectivity index (χ0) is 44.2. The van der Waals surface area contributed by atoms with Crippen LogP contribution in [0, 0.1) is 18.3 Å². The van der Waals surface area contributed by atoms with Crippen LogP contribution in [0.2, 0.25) is 0 Å². The molecule has 0 saturated carbocycles. The Bertz CT molecular complexity index is 2580. The van der Waals surface area contributed by atoms with Crippen molar-refractivity contribution in [2.75, 3.05) is 79.0 Å². The lowest BCUT2D eigenvalue weighted by Gasteiger charge is -2.50. The normalized spacial score (nSPS) is 20.2. The molecule has 5 aliphatic rings. The average Bonchev–Trinajstić information content (AvgIpc) is 3.72. The maximum Gasteiger partial charge on any atom is 0.415 e. The zero-order valence-corrected chi connectivity index (χ0v) is 37.2. The van der Waals surface area contributed by atoms with Gasteiger partial charge in [0, 0.05) is 98.1 Å². The maximum atomic E-state index is 13.2. The number of hydrogen-bond acceptors (Lipinski definition) is 12. The first-order valence-corrected chi connectivity index (χ1v) is 22.8. The number of hydrogen-bond donors (Lipinski definition) is 2. The number of pyridine rings is 1. The number of aromatic nitrogens is 3. The number of nitrogens with one attached hydrogen (secondary N) is 2. The van der Waals surface area contributed by atoms with Gasteiger partial charge in [0.2, 0.25) is 23.6 Å². The van der Waals surface area contributed by atoms with E-state index in [9.17, 15) is 14.4 Å². The summed E-state index contributed by atoms with van der Waals surface area (Å²) >= 11 is 0. The standard InChI is InChI=1S/C50H57N9O5/c1-32-41(27-51-46-44(32)59(23-24-63-46)48(62)64-49(2,3)4)35-5-6-36-26-52-47(54-42(36)25-35)53-37-9-13-38(14-10-37)57-20-17-33(18-21-57)28-56-29-50(30-56)19-22-58(31-50)39-11-7-34(8-12-39)40-15-16-43(60)55-45(40)61/h5-14,25-27,33,40H,15-24,28-31H2,1-4H3,(H,52,53,54)(H,55,60,61). The summed E-state index contributed by atoms with van der Waals surface area (Å²) in [5, 5.41) is 6.81. The highest BCUT2D eigenvalue weighted by molar-refractivity contribution is 6.01. The summed E-state index contributed by atoms with van der Waals surface area (Å²) in [4.78, 5) is 60.5. The second-order valence-electron chi connectivity index (χ2n) is 19.4. The van der Waals surface area contributed by atoms with Crippen LogP contribution >= 0.6 is 0 Å². The molecule has 2 N–H and O–H groups in total. The third kappa shape index (κ3) is 8.55. The van der Waals surface area contributed by atoms with Crippen molar-refractivity contribution >= 4 is 57.5 Å². The van der Waals surface area contributed by atoms with Gasteiger partial charge in [-0.05, 0) is 118 Å². The highest BCUT2D eigenvalue weighted by atomic mass is 16.6. The molecular formula is C50H57N9O5. The Balaban J connectivity index is 0.709. The van der Waals surface area contributed by atoms with Gasteiger partial charge in [-0.3, -0.25) is 19.8 Å². The Hall–Kier alpha value is -6.28. The number of fused-ring (bicyclic) bond motifs is 2. The number of piperidine rings is 2. The Morgan fingerprint density at radius 2 is 1.64 bits per heavy atom. The van der Waals surface area contributed by atoms with Crippen molar-refractivity contribution < 1.29 is 23.9 Å². The molecule has 5 aliphatic heterocycles. The van der Waals surface area contributed by atoms with Crippen LogP contribution in [0.4, 0.5) is 33.5 Å². The van der Waals surface area contributed by atoms with Crippen LogP contribution in [0.25, 0.3) is 22.0 Å². The third-order valence-electron chi connectivity index (χ3n) is 13.7. The minimum absolute atomic E-state index is 0.173. The van der Waals surface area contributed by atoms with Crippen LogP contribution in [-0.4, -0.2) is 102 Å². The van der Waals surface area contributed by atoms with Crippen molar-refractivity contribution in [1.29, 1.82) is 0 Å². The van der Waals surface area contributed by atoms with E-state index in [0.717, 1.165) is 65.0 Å². The van der Waals surface area contributed by atoms with Crippen molar-refractivity contribution in [3.8, 4) is 17.0 Å². The molecule has 0 aliphatic carbocycles. The van der Waals surface area contributed by atoms with Gasteiger partial charge in [0.25, 0.3) is 0 Å². The molecule has 14 heteroatoms. The van der Waals surface area contributed by atoms with Crippen molar-refractivity contribution in [3.05, 3.63) is 90.3 Å². The summed E-state index contributed by atoms with van der Waals surface area (Å²) in [7, 11) is 0. The largest absolute Gasteiger partial charge is 0.474 e. The molecule has 0 bridgehead atoms. The first kappa shape index (κ1) is 41.7. The summed E-state index contributed by atoms with van der Waals surface area (Å²) in [5.74, 6) is 1.07. The quantitative estimate of drug-likeness (QED) is 0.147. The fourth-order valence-corrected chi connectivity index (χ4v) is 10.4. The van der Waals surface area contributed by atoms with Gasteiger partial charge >= 0.3 is 6.09 Å². The van der Waals surface area contributed by atoms with Gasteiger partial charge in [0.1, 0.15) is 17.9 Å². The van der Waals surface area contributed by atoms with Gasteiger partial charge in [-0.1, -0.05) is 24.3 Å². The molecule has 1 unspecified atom stereocenters. The molecule has 3 amide bonds. The van der Waals surface area contributed by atoms with E-state index in [4.69, 9.17) is 14.5 Å². The monoisotopic (exact) mass is 863 g/mol. The van der Waals surface area contributed by atoms with Crippen LogP contribution in [-0.2, 0) is 14.3 Å². The van der Waals surface area contributed by atoms with E-state index >= 15 is 0 Å². The first-order valence-electron chi connectivity index (χ1n) is 22.8. The van der Waals surface area contributed by atoms with Crippen molar-refractivity contribution in [2.45, 2.75) is 71.3 Å². The summed E-state index contributed by atoms with van der Waals surface area (Å²) in [6.45, 7) is 16.1. The van der Waals surface area contributed by atoms with Crippen LogP contribution in [0.1, 0.15) is 69.9 Å². The van der Waals surface area contributed by atoms with Crippen LogP contribution in [0.5, 0.6) is 5.88 Å². The number of ether oxygens (including phenoxy) is 2. The molecule has 1 atom stereocenters. The molecule has 64 heavy (non-hydrogen) atoms. The fourth-order valence-electron chi connectivity index (χ4n) is 10.4. The third-order valence-corrected chi connectivity index (χ3v) is 13.7. The smallest absolute Gasteiger partial charge is 0.415 e. The van der Waals surface area contributed by atoms with E-state index in [1.54, 1.807) is 11.1 Å². The lowest BCUT2D eigenvalue weighted by atomic mass is 9.78. The van der Waals surface area contributed by atoms with Crippen molar-refractivity contribution in [1.82, 2.24) is 25.2 Å². The number of benzene rings is 3. The maximum absolute atomic E-state index is 13.2. The molecule has 7 heterocycles. The topological polar surface area (TPSA) is 145 Å².